The summed E-state index contributed by atoms with van der Waals surface area (Å²) >= 11 is 0. The molecule has 0 spiro atoms. The summed E-state index contributed by atoms with van der Waals surface area (Å²) in [7, 11) is 1.66. The average molecular weight is 375 g/mol. The maximum Gasteiger partial charge on any atom is 0.278 e. The van der Waals surface area contributed by atoms with Crippen molar-refractivity contribution in [1.29, 1.82) is 0 Å². The minimum absolute atomic E-state index is 0.0458. The molecule has 1 aliphatic heterocycles. The summed E-state index contributed by atoms with van der Waals surface area (Å²) in [4.78, 5) is 13.0. The maximum atomic E-state index is 6.08. The van der Waals surface area contributed by atoms with Crippen LogP contribution in [0.1, 0.15) is 17.4 Å². The molecule has 0 amide bonds. The number of imidazole rings is 1. The quantitative estimate of drug-likeness (QED) is 0.541. The third kappa shape index (κ3) is 2.93. The van der Waals surface area contributed by atoms with Gasteiger partial charge in [0.25, 0.3) is 5.89 Å². The summed E-state index contributed by atoms with van der Waals surface area (Å²) in [6.07, 6.45) is 5.13. The average Bonchev–Trinajstić information content (AvgIpc) is 3.41. The molecule has 4 heterocycles. The molecule has 5 rings (SSSR count). The van der Waals surface area contributed by atoms with Crippen molar-refractivity contribution in [2.45, 2.75) is 19.3 Å². The van der Waals surface area contributed by atoms with E-state index in [1.165, 1.54) is 0 Å². The van der Waals surface area contributed by atoms with Gasteiger partial charge in [0.05, 0.1) is 32.3 Å². The number of nitrogens with zero attached hydrogens (tertiary/aromatic N) is 5. The van der Waals surface area contributed by atoms with Crippen LogP contribution in [0.3, 0.4) is 0 Å². The Hall–Kier alpha value is -3.52. The lowest BCUT2D eigenvalue weighted by Crippen LogP contribution is -2.20. The second-order valence-electron chi connectivity index (χ2n) is 6.42. The molecule has 140 valence electrons. The lowest BCUT2D eigenvalue weighted by Gasteiger charge is -2.25. The Morgan fingerprint density at radius 1 is 1.11 bits per heavy atom. The molecule has 0 N–H and O–H groups in total. The number of ether oxygens (including phenoxy) is 2. The van der Waals surface area contributed by atoms with E-state index in [4.69, 9.17) is 14.0 Å². The first-order chi connectivity index (χ1) is 13.8. The number of aromatic nitrogens is 5. The zero-order chi connectivity index (χ0) is 18.9. The molecule has 8 heteroatoms. The summed E-state index contributed by atoms with van der Waals surface area (Å²) < 4.78 is 18.8. The normalized spacial score (nSPS) is 16.0. The molecular formula is C20H17N5O3. The van der Waals surface area contributed by atoms with Crippen LogP contribution in [-0.4, -0.2) is 31.8 Å². The molecule has 1 aromatic carbocycles. The molecular weight excluding hydrogens is 358 g/mol. The Balaban J connectivity index is 1.39. The number of fused-ring (bicyclic) bond motifs is 1. The molecule has 1 atom stereocenters. The van der Waals surface area contributed by atoms with Gasteiger partial charge in [0.15, 0.2) is 5.69 Å². The van der Waals surface area contributed by atoms with E-state index in [9.17, 15) is 0 Å². The van der Waals surface area contributed by atoms with Crippen molar-refractivity contribution in [3.05, 3.63) is 66.4 Å². The molecule has 0 aliphatic carbocycles. The van der Waals surface area contributed by atoms with E-state index in [2.05, 4.69) is 24.7 Å². The maximum absolute atomic E-state index is 6.08. The molecule has 4 aromatic rings. The van der Waals surface area contributed by atoms with Crippen molar-refractivity contribution in [2.75, 3.05) is 7.11 Å². The van der Waals surface area contributed by atoms with Crippen LogP contribution in [0.5, 0.6) is 5.75 Å². The van der Waals surface area contributed by atoms with Gasteiger partial charge in [-0.15, -0.1) is 0 Å². The highest BCUT2D eigenvalue weighted by atomic mass is 16.5. The smallest absolute Gasteiger partial charge is 0.278 e. The van der Waals surface area contributed by atoms with Gasteiger partial charge < -0.3 is 18.6 Å². The van der Waals surface area contributed by atoms with E-state index in [1.54, 1.807) is 25.8 Å². The minimum atomic E-state index is -0.0458. The van der Waals surface area contributed by atoms with Crippen molar-refractivity contribution >= 4 is 0 Å². The molecule has 3 aromatic heterocycles. The summed E-state index contributed by atoms with van der Waals surface area (Å²) in [5.41, 5.74) is 3.52. The van der Waals surface area contributed by atoms with Gasteiger partial charge in [-0.3, -0.25) is 4.98 Å². The standard InChI is InChI=1S/C20H17N5O3/c1-26-15-4-2-13(3-5-15)17-10-25-12-22-18(16(25)11-27-17)20-23-19(24-28-20)14-6-8-21-9-7-14/h2-9,12,17H,10-11H2,1H3/t17-/m1/s1. The highest BCUT2D eigenvalue weighted by Crippen LogP contribution is 2.32. The number of hydrogen-bond donors (Lipinski definition) is 0. The zero-order valence-electron chi connectivity index (χ0n) is 15.1. The Kier molecular flexibility index (Phi) is 4.10. The van der Waals surface area contributed by atoms with Crippen LogP contribution < -0.4 is 4.74 Å². The van der Waals surface area contributed by atoms with Crippen molar-refractivity contribution in [3.63, 3.8) is 0 Å². The van der Waals surface area contributed by atoms with Crippen LogP contribution in [0.4, 0.5) is 0 Å². The third-order valence-corrected chi connectivity index (χ3v) is 4.78. The topological polar surface area (TPSA) is 88.1 Å². The Labute approximate surface area is 160 Å². The second-order valence-corrected chi connectivity index (χ2v) is 6.42. The Bertz CT molecular complexity index is 1090. The number of benzene rings is 1. The van der Waals surface area contributed by atoms with Gasteiger partial charge in [0.2, 0.25) is 5.82 Å². The molecule has 1 aliphatic rings. The van der Waals surface area contributed by atoms with Gasteiger partial charge in [-0.25, -0.2) is 4.98 Å². The lowest BCUT2D eigenvalue weighted by atomic mass is 10.1. The Morgan fingerprint density at radius 2 is 1.93 bits per heavy atom. The first kappa shape index (κ1) is 16.6. The first-order valence-corrected chi connectivity index (χ1v) is 8.86. The van der Waals surface area contributed by atoms with Crippen LogP contribution in [0.15, 0.2) is 59.6 Å². The molecule has 8 nitrogen and oxygen atoms in total. The van der Waals surface area contributed by atoms with Gasteiger partial charge >= 0.3 is 0 Å². The lowest BCUT2D eigenvalue weighted by molar-refractivity contribution is 0.00328. The number of rotatable bonds is 4. The fourth-order valence-corrected chi connectivity index (χ4v) is 3.26. The number of pyridine rings is 1. The molecule has 0 unspecified atom stereocenters. The first-order valence-electron chi connectivity index (χ1n) is 8.86. The highest BCUT2D eigenvalue weighted by molar-refractivity contribution is 5.58. The fraction of sp³-hybridized carbons (Fsp3) is 0.200. The van der Waals surface area contributed by atoms with Gasteiger partial charge in [0, 0.05) is 18.0 Å². The van der Waals surface area contributed by atoms with E-state index >= 15 is 0 Å². The molecule has 0 fully saturated rings. The van der Waals surface area contributed by atoms with Crippen LogP contribution >= 0.6 is 0 Å². The van der Waals surface area contributed by atoms with Crippen LogP contribution in [0.25, 0.3) is 23.0 Å². The highest BCUT2D eigenvalue weighted by Gasteiger charge is 2.26. The third-order valence-electron chi connectivity index (χ3n) is 4.78. The van der Waals surface area contributed by atoms with Gasteiger partial charge in [0.1, 0.15) is 11.9 Å². The summed E-state index contributed by atoms with van der Waals surface area (Å²) in [5, 5.41) is 4.05. The number of hydrogen-bond acceptors (Lipinski definition) is 7. The van der Waals surface area contributed by atoms with Crippen LogP contribution in [-0.2, 0) is 17.9 Å². The van der Waals surface area contributed by atoms with Crippen molar-refractivity contribution in [2.24, 2.45) is 0 Å². The molecule has 0 bridgehead atoms. The molecule has 28 heavy (non-hydrogen) atoms. The SMILES string of the molecule is COc1ccc([C@H]2Cn3cnc(-c4nc(-c5ccncc5)no4)c3CO2)cc1. The predicted molar refractivity (Wildman–Crippen MR) is 99.3 cm³/mol. The monoisotopic (exact) mass is 375 g/mol. The van der Waals surface area contributed by atoms with Gasteiger partial charge in [-0.1, -0.05) is 17.3 Å². The molecule has 0 radical (unpaired) electrons. The van der Waals surface area contributed by atoms with E-state index in [-0.39, 0.29) is 6.10 Å². The van der Waals surface area contributed by atoms with Crippen molar-refractivity contribution < 1.29 is 14.0 Å². The molecule has 0 saturated carbocycles. The molecule has 0 saturated heterocycles. The van der Waals surface area contributed by atoms with E-state index < -0.39 is 0 Å². The van der Waals surface area contributed by atoms with Crippen molar-refractivity contribution in [3.8, 4) is 28.7 Å². The Morgan fingerprint density at radius 3 is 2.71 bits per heavy atom. The summed E-state index contributed by atoms with van der Waals surface area (Å²) in [6.45, 7) is 1.08. The van der Waals surface area contributed by atoms with Gasteiger partial charge in [-0.05, 0) is 29.8 Å². The van der Waals surface area contributed by atoms with Crippen molar-refractivity contribution in [1.82, 2.24) is 24.7 Å². The van der Waals surface area contributed by atoms with Crippen LogP contribution in [0, 0.1) is 0 Å². The summed E-state index contributed by atoms with van der Waals surface area (Å²) in [6, 6.07) is 11.6. The fourth-order valence-electron chi connectivity index (χ4n) is 3.26. The second kappa shape index (κ2) is 6.90. The van der Waals surface area contributed by atoms with Gasteiger partial charge in [-0.2, -0.15) is 4.98 Å². The largest absolute Gasteiger partial charge is 0.497 e. The predicted octanol–water partition coefficient (Wildman–Crippen LogP) is 3.28. The summed E-state index contributed by atoms with van der Waals surface area (Å²) in [5.74, 6) is 1.71. The number of methoxy groups -OCH3 is 1. The van der Waals surface area contributed by atoms with E-state index in [0.717, 1.165) is 22.6 Å². The van der Waals surface area contributed by atoms with E-state index in [0.29, 0.717) is 30.6 Å². The zero-order valence-corrected chi connectivity index (χ0v) is 15.1. The van der Waals surface area contributed by atoms with E-state index in [1.807, 2.05) is 36.4 Å². The van der Waals surface area contributed by atoms with Crippen LogP contribution in [0.2, 0.25) is 0 Å². The minimum Gasteiger partial charge on any atom is -0.497 e.